The van der Waals surface area contributed by atoms with Gasteiger partial charge in [-0.25, -0.2) is 8.42 Å². The number of esters is 1. The molecular formula is C20H24F3NO7S2. The van der Waals surface area contributed by atoms with Gasteiger partial charge in [0.2, 0.25) is 10.0 Å². The van der Waals surface area contributed by atoms with Gasteiger partial charge in [-0.1, -0.05) is 26.0 Å². The number of alkyl halides is 3. The van der Waals surface area contributed by atoms with E-state index >= 15 is 0 Å². The van der Waals surface area contributed by atoms with E-state index < -0.39 is 54.9 Å². The number of sulfonamides is 1. The Labute approximate surface area is 190 Å². The highest BCUT2D eigenvalue weighted by Crippen LogP contribution is 2.29. The van der Waals surface area contributed by atoms with Gasteiger partial charge in [0.15, 0.2) is 0 Å². The van der Waals surface area contributed by atoms with Gasteiger partial charge >= 0.3 is 21.6 Å². The SMILES string of the molecule is CC(C)[C@@H](NS(=O)(=O)c1ccc2cc(OS(=O)(=O)C(F)(F)F)ccc2c1)C(=O)OC(C)(C)C. The van der Waals surface area contributed by atoms with Gasteiger partial charge in [-0.2, -0.15) is 26.3 Å². The van der Waals surface area contributed by atoms with Crippen molar-refractivity contribution in [1.82, 2.24) is 4.72 Å². The van der Waals surface area contributed by atoms with Crippen LogP contribution in [0.25, 0.3) is 10.8 Å². The highest BCUT2D eigenvalue weighted by atomic mass is 32.2. The van der Waals surface area contributed by atoms with Gasteiger partial charge in [0.1, 0.15) is 17.4 Å². The Balaban J connectivity index is 2.34. The van der Waals surface area contributed by atoms with Crippen molar-refractivity contribution in [2.24, 2.45) is 5.92 Å². The van der Waals surface area contributed by atoms with Crippen LogP contribution < -0.4 is 8.91 Å². The quantitative estimate of drug-likeness (QED) is 0.342. The molecule has 0 saturated carbocycles. The van der Waals surface area contributed by atoms with Crippen LogP contribution in [0.1, 0.15) is 34.6 Å². The van der Waals surface area contributed by atoms with Crippen molar-refractivity contribution in [1.29, 1.82) is 0 Å². The van der Waals surface area contributed by atoms with E-state index in [0.29, 0.717) is 0 Å². The molecule has 0 fully saturated rings. The fourth-order valence-electron chi connectivity index (χ4n) is 2.65. The minimum Gasteiger partial charge on any atom is -0.459 e. The van der Waals surface area contributed by atoms with Crippen LogP contribution in [0.15, 0.2) is 41.3 Å². The van der Waals surface area contributed by atoms with Gasteiger partial charge in [0, 0.05) is 0 Å². The van der Waals surface area contributed by atoms with Gasteiger partial charge in [0.05, 0.1) is 4.90 Å². The monoisotopic (exact) mass is 511 g/mol. The molecular weight excluding hydrogens is 487 g/mol. The molecule has 0 aliphatic carbocycles. The molecule has 0 aliphatic rings. The van der Waals surface area contributed by atoms with E-state index in [1.807, 2.05) is 0 Å². The number of carbonyl (C=O) groups excluding carboxylic acids is 1. The number of hydrogen-bond donors (Lipinski definition) is 1. The number of rotatable bonds is 7. The summed E-state index contributed by atoms with van der Waals surface area (Å²) in [6.45, 7) is 8.25. The van der Waals surface area contributed by atoms with Crippen molar-refractivity contribution >= 4 is 36.9 Å². The van der Waals surface area contributed by atoms with Crippen molar-refractivity contribution in [2.45, 2.75) is 56.7 Å². The van der Waals surface area contributed by atoms with Gasteiger partial charge in [-0.15, -0.1) is 0 Å². The molecule has 0 heterocycles. The molecule has 0 radical (unpaired) electrons. The molecule has 0 spiro atoms. The minimum absolute atomic E-state index is 0.208. The molecule has 0 aliphatic heterocycles. The summed E-state index contributed by atoms with van der Waals surface area (Å²) >= 11 is 0. The molecule has 1 atom stereocenters. The smallest absolute Gasteiger partial charge is 0.459 e. The van der Waals surface area contributed by atoms with E-state index in [-0.39, 0.29) is 15.7 Å². The summed E-state index contributed by atoms with van der Waals surface area (Å²) in [4.78, 5) is 12.2. The maximum Gasteiger partial charge on any atom is 0.534 e. The summed E-state index contributed by atoms with van der Waals surface area (Å²) < 4.78 is 97.3. The largest absolute Gasteiger partial charge is 0.534 e. The van der Waals surface area contributed by atoms with Gasteiger partial charge in [0.25, 0.3) is 0 Å². The second-order valence-electron chi connectivity index (χ2n) is 8.53. The fourth-order valence-corrected chi connectivity index (χ4v) is 4.47. The molecule has 8 nitrogen and oxygen atoms in total. The van der Waals surface area contributed by atoms with Crippen LogP contribution in [0.4, 0.5) is 13.2 Å². The van der Waals surface area contributed by atoms with Crippen molar-refractivity contribution in [3.63, 3.8) is 0 Å². The Morgan fingerprint density at radius 1 is 0.939 bits per heavy atom. The third-order valence-corrected chi connectivity index (χ3v) is 6.61. The summed E-state index contributed by atoms with van der Waals surface area (Å²) in [5.41, 5.74) is -6.41. The van der Waals surface area contributed by atoms with Crippen LogP contribution in [-0.4, -0.2) is 40.0 Å². The second kappa shape index (κ2) is 9.11. The standard InChI is InChI=1S/C20H24F3NO7S2/c1-12(2)17(18(25)30-19(3,4)5)24-32(26,27)16-9-7-13-10-15(8-6-14(13)11-16)31-33(28,29)20(21,22)23/h6-12,17,24H,1-5H3/t17-/m1/s1. The number of hydrogen-bond acceptors (Lipinski definition) is 7. The molecule has 0 saturated heterocycles. The van der Waals surface area contributed by atoms with Crippen molar-refractivity contribution < 1.29 is 43.7 Å². The molecule has 2 aromatic rings. The molecule has 0 unspecified atom stereocenters. The van der Waals surface area contributed by atoms with Crippen LogP contribution >= 0.6 is 0 Å². The lowest BCUT2D eigenvalue weighted by Gasteiger charge is -2.26. The zero-order valence-corrected chi connectivity index (χ0v) is 20.1. The Morgan fingerprint density at radius 3 is 2.00 bits per heavy atom. The van der Waals surface area contributed by atoms with E-state index in [2.05, 4.69) is 8.91 Å². The number of fused-ring (bicyclic) bond motifs is 1. The number of halogens is 3. The van der Waals surface area contributed by atoms with Crippen LogP contribution in [0, 0.1) is 5.92 Å². The highest BCUT2D eigenvalue weighted by molar-refractivity contribution is 7.89. The fraction of sp³-hybridized carbons (Fsp3) is 0.450. The molecule has 33 heavy (non-hydrogen) atoms. The molecule has 0 aromatic heterocycles. The first-order valence-corrected chi connectivity index (χ1v) is 12.5. The maximum absolute atomic E-state index is 12.9. The third kappa shape index (κ3) is 6.81. The predicted octanol–water partition coefficient (Wildman–Crippen LogP) is 3.71. The molecule has 2 aromatic carbocycles. The first kappa shape index (κ1) is 26.9. The van der Waals surface area contributed by atoms with Crippen LogP contribution in [0.3, 0.4) is 0 Å². The third-order valence-electron chi connectivity index (χ3n) is 4.19. The Morgan fingerprint density at radius 2 is 1.48 bits per heavy atom. The molecule has 0 bridgehead atoms. The van der Waals surface area contributed by atoms with E-state index in [1.165, 1.54) is 24.3 Å². The van der Waals surface area contributed by atoms with Crippen LogP contribution in [-0.2, 0) is 29.7 Å². The minimum atomic E-state index is -5.84. The summed E-state index contributed by atoms with van der Waals surface area (Å²) in [5.74, 6) is -1.75. The van der Waals surface area contributed by atoms with Crippen molar-refractivity contribution in [3.05, 3.63) is 36.4 Å². The topological polar surface area (TPSA) is 116 Å². The summed E-state index contributed by atoms with van der Waals surface area (Å²) in [5, 5.41) is 0.518. The molecule has 0 amide bonds. The summed E-state index contributed by atoms with van der Waals surface area (Å²) in [6, 6.07) is 5.71. The van der Waals surface area contributed by atoms with Gasteiger partial charge < -0.3 is 8.92 Å². The lowest BCUT2D eigenvalue weighted by molar-refractivity contribution is -0.158. The summed E-state index contributed by atoms with van der Waals surface area (Å²) in [6.07, 6.45) is 0. The molecule has 184 valence electrons. The molecule has 13 heteroatoms. The van der Waals surface area contributed by atoms with E-state index in [0.717, 1.165) is 12.1 Å². The lowest BCUT2D eigenvalue weighted by atomic mass is 10.1. The first-order chi connectivity index (χ1) is 14.8. The zero-order valence-electron chi connectivity index (χ0n) is 18.4. The Hall–Kier alpha value is -2.38. The van der Waals surface area contributed by atoms with Crippen molar-refractivity contribution in [2.75, 3.05) is 0 Å². The van der Waals surface area contributed by atoms with E-state index in [1.54, 1.807) is 34.6 Å². The number of carbonyl (C=O) groups is 1. The Kier molecular flexibility index (Phi) is 7.41. The van der Waals surface area contributed by atoms with Gasteiger partial charge in [-0.05, 0) is 61.7 Å². The predicted molar refractivity (Wildman–Crippen MR) is 114 cm³/mol. The zero-order chi connectivity index (χ0) is 25.4. The van der Waals surface area contributed by atoms with E-state index in [9.17, 15) is 34.8 Å². The average Bonchev–Trinajstić information content (AvgIpc) is 2.62. The van der Waals surface area contributed by atoms with Crippen molar-refractivity contribution in [3.8, 4) is 5.75 Å². The summed E-state index contributed by atoms with van der Waals surface area (Å²) in [7, 11) is -10.0. The second-order valence-corrected chi connectivity index (χ2v) is 11.8. The number of ether oxygens (including phenoxy) is 1. The highest BCUT2D eigenvalue weighted by Gasteiger charge is 2.48. The lowest BCUT2D eigenvalue weighted by Crippen LogP contribution is -2.47. The number of benzene rings is 2. The van der Waals surface area contributed by atoms with E-state index in [4.69, 9.17) is 4.74 Å². The molecule has 1 N–H and O–H groups in total. The van der Waals surface area contributed by atoms with Gasteiger partial charge in [-0.3, -0.25) is 4.79 Å². The average molecular weight is 512 g/mol. The van der Waals surface area contributed by atoms with Crippen LogP contribution in [0.2, 0.25) is 0 Å². The Bertz CT molecular complexity index is 1250. The maximum atomic E-state index is 12.9. The molecule has 2 rings (SSSR count). The number of nitrogens with one attached hydrogen (secondary N) is 1. The normalized spacial score (nSPS) is 14.3. The van der Waals surface area contributed by atoms with Crippen LogP contribution in [0.5, 0.6) is 5.75 Å². The first-order valence-electron chi connectivity index (χ1n) is 9.62.